The fraction of sp³-hybridized carbons (Fsp3) is 0.250. The Bertz CT molecular complexity index is 635. The van der Waals surface area contributed by atoms with E-state index in [0.717, 1.165) is 22.2 Å². The molecule has 2 aromatic rings. The summed E-state index contributed by atoms with van der Waals surface area (Å²) in [6, 6.07) is 12.8. The average molecular weight is 358 g/mol. The van der Waals surface area contributed by atoms with Crippen LogP contribution in [0.3, 0.4) is 0 Å². The van der Waals surface area contributed by atoms with Crippen molar-refractivity contribution in [1.29, 1.82) is 0 Å². The number of alkyl halides is 3. The van der Waals surface area contributed by atoms with E-state index in [4.69, 9.17) is 5.73 Å². The smallest absolute Gasteiger partial charge is 0.321 e. The molecule has 1 atom stereocenters. The normalized spacial score (nSPS) is 14.8. The Morgan fingerprint density at radius 1 is 1.05 bits per heavy atom. The molecule has 1 unspecified atom stereocenters. The highest BCUT2D eigenvalue weighted by Crippen LogP contribution is 2.32. The molecule has 0 saturated heterocycles. The van der Waals surface area contributed by atoms with Crippen LogP contribution in [0.1, 0.15) is 23.6 Å². The van der Waals surface area contributed by atoms with Crippen molar-refractivity contribution in [2.45, 2.75) is 25.1 Å². The Morgan fingerprint density at radius 2 is 1.71 bits per heavy atom. The second-order valence-electron chi connectivity index (χ2n) is 5.27. The molecule has 0 aliphatic carbocycles. The molecular weight excluding hydrogens is 343 g/mol. The largest absolute Gasteiger partial charge is 0.416 e. The third-order valence-corrected chi connectivity index (χ3v) is 4.01. The molecule has 1 nitrogen and oxygen atoms in total. The molecule has 5 heteroatoms. The van der Waals surface area contributed by atoms with E-state index in [2.05, 4.69) is 15.9 Å². The summed E-state index contributed by atoms with van der Waals surface area (Å²) >= 11 is 3.43. The first kappa shape index (κ1) is 16.0. The van der Waals surface area contributed by atoms with E-state index in [-0.39, 0.29) is 0 Å². The first-order valence-electron chi connectivity index (χ1n) is 6.40. The zero-order valence-electron chi connectivity index (χ0n) is 11.4. The van der Waals surface area contributed by atoms with Gasteiger partial charge in [0.1, 0.15) is 0 Å². The standard InChI is InChI=1S/C16H15BrF3N/c1-15(21,13-7-2-3-8-14(13)17)10-11-5-4-6-12(9-11)16(18,19)20/h2-9H,10,21H2,1H3. The fourth-order valence-corrected chi connectivity index (χ4v) is 3.04. The van der Waals surface area contributed by atoms with Crippen LogP contribution in [-0.2, 0) is 18.1 Å². The number of benzene rings is 2. The van der Waals surface area contributed by atoms with E-state index in [1.165, 1.54) is 6.07 Å². The van der Waals surface area contributed by atoms with Gasteiger partial charge in [0.05, 0.1) is 5.56 Å². The Balaban J connectivity index is 2.31. The summed E-state index contributed by atoms with van der Waals surface area (Å²) in [5.41, 5.74) is 6.33. The van der Waals surface area contributed by atoms with Crippen molar-refractivity contribution in [3.63, 3.8) is 0 Å². The predicted octanol–water partition coefficient (Wildman–Crippen LogP) is 4.88. The molecule has 0 radical (unpaired) electrons. The monoisotopic (exact) mass is 357 g/mol. The van der Waals surface area contributed by atoms with Gasteiger partial charge in [0.25, 0.3) is 0 Å². The number of halogens is 4. The third-order valence-electron chi connectivity index (χ3n) is 3.31. The van der Waals surface area contributed by atoms with Crippen molar-refractivity contribution in [3.8, 4) is 0 Å². The summed E-state index contributed by atoms with van der Waals surface area (Å²) < 4.78 is 39.1. The molecule has 0 bridgehead atoms. The maximum absolute atomic E-state index is 12.7. The highest BCUT2D eigenvalue weighted by atomic mass is 79.9. The summed E-state index contributed by atoms with van der Waals surface area (Å²) in [5.74, 6) is 0. The highest BCUT2D eigenvalue weighted by molar-refractivity contribution is 9.10. The van der Waals surface area contributed by atoms with Gasteiger partial charge in [-0.2, -0.15) is 13.2 Å². The molecule has 112 valence electrons. The second-order valence-corrected chi connectivity index (χ2v) is 6.13. The first-order chi connectivity index (χ1) is 9.70. The zero-order valence-corrected chi connectivity index (χ0v) is 13.0. The summed E-state index contributed by atoms with van der Waals surface area (Å²) in [4.78, 5) is 0. The van der Waals surface area contributed by atoms with Crippen LogP contribution in [0.5, 0.6) is 0 Å². The average Bonchev–Trinajstić information content (AvgIpc) is 2.37. The molecule has 0 amide bonds. The van der Waals surface area contributed by atoms with E-state index in [0.29, 0.717) is 12.0 Å². The molecule has 21 heavy (non-hydrogen) atoms. The minimum Gasteiger partial charge on any atom is -0.321 e. The van der Waals surface area contributed by atoms with Crippen LogP contribution in [0.15, 0.2) is 53.0 Å². The van der Waals surface area contributed by atoms with Crippen LogP contribution in [0, 0.1) is 0 Å². The first-order valence-corrected chi connectivity index (χ1v) is 7.19. The summed E-state index contributed by atoms with van der Waals surface area (Å²) in [5, 5.41) is 0. The molecule has 0 aliphatic heterocycles. The minimum atomic E-state index is -4.34. The molecule has 2 N–H and O–H groups in total. The van der Waals surface area contributed by atoms with E-state index in [1.807, 2.05) is 31.2 Å². The van der Waals surface area contributed by atoms with Gasteiger partial charge >= 0.3 is 6.18 Å². The number of hydrogen-bond donors (Lipinski definition) is 1. The fourth-order valence-electron chi connectivity index (χ4n) is 2.30. The van der Waals surface area contributed by atoms with Gasteiger partial charge < -0.3 is 5.73 Å². The van der Waals surface area contributed by atoms with Gasteiger partial charge in [0, 0.05) is 10.0 Å². The number of rotatable bonds is 3. The minimum absolute atomic E-state index is 0.319. The van der Waals surface area contributed by atoms with Gasteiger partial charge in [-0.25, -0.2) is 0 Å². The van der Waals surface area contributed by atoms with Crippen molar-refractivity contribution in [2.75, 3.05) is 0 Å². The molecule has 0 heterocycles. The van der Waals surface area contributed by atoms with E-state index in [9.17, 15) is 13.2 Å². The third kappa shape index (κ3) is 3.86. The molecule has 0 aliphatic rings. The summed E-state index contributed by atoms with van der Waals surface area (Å²) in [7, 11) is 0. The lowest BCUT2D eigenvalue weighted by molar-refractivity contribution is -0.137. The quantitative estimate of drug-likeness (QED) is 0.831. The Hall–Kier alpha value is -1.33. The van der Waals surface area contributed by atoms with Crippen molar-refractivity contribution in [3.05, 3.63) is 69.7 Å². The van der Waals surface area contributed by atoms with Gasteiger partial charge in [0.2, 0.25) is 0 Å². The van der Waals surface area contributed by atoms with Gasteiger partial charge in [-0.05, 0) is 36.6 Å². The maximum Gasteiger partial charge on any atom is 0.416 e. The molecule has 2 aromatic carbocycles. The van der Waals surface area contributed by atoms with E-state index < -0.39 is 17.3 Å². The van der Waals surface area contributed by atoms with Crippen LogP contribution in [0.4, 0.5) is 13.2 Å². The van der Waals surface area contributed by atoms with Gasteiger partial charge in [-0.15, -0.1) is 0 Å². The SMILES string of the molecule is CC(N)(Cc1cccc(C(F)(F)F)c1)c1ccccc1Br. The van der Waals surface area contributed by atoms with E-state index in [1.54, 1.807) is 6.07 Å². The topological polar surface area (TPSA) is 26.0 Å². The summed E-state index contributed by atoms with van der Waals surface area (Å²) in [6.07, 6.45) is -4.02. The highest BCUT2D eigenvalue weighted by Gasteiger charge is 2.31. The zero-order chi connectivity index (χ0) is 15.7. The van der Waals surface area contributed by atoms with Crippen LogP contribution < -0.4 is 5.73 Å². The van der Waals surface area contributed by atoms with Crippen LogP contribution >= 0.6 is 15.9 Å². The second kappa shape index (κ2) is 5.81. The van der Waals surface area contributed by atoms with Gasteiger partial charge in [-0.3, -0.25) is 0 Å². The lowest BCUT2D eigenvalue weighted by Crippen LogP contribution is -2.35. The molecule has 0 saturated carbocycles. The Labute approximate surface area is 130 Å². The maximum atomic E-state index is 12.7. The van der Waals surface area contributed by atoms with Gasteiger partial charge in [-0.1, -0.05) is 52.3 Å². The lowest BCUT2D eigenvalue weighted by Gasteiger charge is -2.27. The van der Waals surface area contributed by atoms with Crippen molar-refractivity contribution >= 4 is 15.9 Å². The van der Waals surface area contributed by atoms with Crippen molar-refractivity contribution in [1.82, 2.24) is 0 Å². The molecule has 0 spiro atoms. The van der Waals surface area contributed by atoms with Crippen molar-refractivity contribution in [2.24, 2.45) is 5.73 Å². The van der Waals surface area contributed by atoms with Crippen LogP contribution in [0.25, 0.3) is 0 Å². The molecule has 0 aromatic heterocycles. The lowest BCUT2D eigenvalue weighted by atomic mass is 9.86. The van der Waals surface area contributed by atoms with E-state index >= 15 is 0 Å². The van der Waals surface area contributed by atoms with Crippen LogP contribution in [0.2, 0.25) is 0 Å². The number of hydrogen-bond acceptors (Lipinski definition) is 1. The number of nitrogens with two attached hydrogens (primary N) is 1. The van der Waals surface area contributed by atoms with Crippen LogP contribution in [-0.4, -0.2) is 0 Å². The Morgan fingerprint density at radius 3 is 2.33 bits per heavy atom. The molecular formula is C16H15BrF3N. The van der Waals surface area contributed by atoms with Crippen molar-refractivity contribution < 1.29 is 13.2 Å². The predicted molar refractivity (Wildman–Crippen MR) is 80.8 cm³/mol. The molecule has 0 fully saturated rings. The van der Waals surface area contributed by atoms with Gasteiger partial charge in [0.15, 0.2) is 0 Å². The Kier molecular flexibility index (Phi) is 4.44. The molecule has 2 rings (SSSR count). The summed E-state index contributed by atoms with van der Waals surface area (Å²) in [6.45, 7) is 1.81.